The lowest BCUT2D eigenvalue weighted by molar-refractivity contribution is 0.150. The van der Waals surface area contributed by atoms with Crippen LogP contribution in [0.15, 0.2) is 18.2 Å². The normalized spacial score (nSPS) is 20.8. The first-order valence-electron chi connectivity index (χ1n) is 5.04. The van der Waals surface area contributed by atoms with Crippen molar-refractivity contribution < 1.29 is 4.74 Å². The molecule has 1 aromatic carbocycles. The molecule has 2 heteroatoms. The van der Waals surface area contributed by atoms with Crippen LogP contribution in [0.4, 0.5) is 0 Å². The van der Waals surface area contributed by atoms with Gasteiger partial charge in [0.2, 0.25) is 0 Å². The fraction of sp³-hybridized carbons (Fsp3) is 0.417. The van der Waals surface area contributed by atoms with E-state index in [1.54, 1.807) is 0 Å². The SMILES string of the molecule is N#Cc1cccc2c1OC1(CC2)CC1. The molecule has 0 amide bonds. The summed E-state index contributed by atoms with van der Waals surface area (Å²) in [5, 5.41) is 8.95. The molecule has 2 aliphatic rings. The topological polar surface area (TPSA) is 33.0 Å². The monoisotopic (exact) mass is 185 g/mol. The fourth-order valence-electron chi connectivity index (χ4n) is 2.11. The number of ether oxygens (including phenoxy) is 1. The van der Waals surface area contributed by atoms with E-state index in [1.165, 1.54) is 5.56 Å². The van der Waals surface area contributed by atoms with E-state index in [1.807, 2.05) is 12.1 Å². The summed E-state index contributed by atoms with van der Waals surface area (Å²) in [6, 6.07) is 8.03. The lowest BCUT2D eigenvalue weighted by Gasteiger charge is -2.26. The molecule has 0 radical (unpaired) electrons. The Morgan fingerprint density at radius 1 is 1.29 bits per heavy atom. The second-order valence-electron chi connectivity index (χ2n) is 4.19. The van der Waals surface area contributed by atoms with Crippen LogP contribution in [0.3, 0.4) is 0 Å². The molecule has 0 bridgehead atoms. The van der Waals surface area contributed by atoms with Gasteiger partial charge < -0.3 is 4.74 Å². The minimum Gasteiger partial charge on any atom is -0.486 e. The molecule has 1 aromatic rings. The van der Waals surface area contributed by atoms with Gasteiger partial charge in [-0.25, -0.2) is 0 Å². The van der Waals surface area contributed by atoms with Gasteiger partial charge in [-0.2, -0.15) is 5.26 Å². The van der Waals surface area contributed by atoms with Gasteiger partial charge in [0, 0.05) is 0 Å². The Bertz CT molecular complexity index is 426. The Balaban J connectivity index is 2.09. The number of rotatable bonds is 0. The highest BCUT2D eigenvalue weighted by molar-refractivity contribution is 5.50. The average molecular weight is 185 g/mol. The molecule has 1 spiro atoms. The Kier molecular flexibility index (Phi) is 1.41. The number of hydrogen-bond acceptors (Lipinski definition) is 2. The highest BCUT2D eigenvalue weighted by atomic mass is 16.5. The van der Waals surface area contributed by atoms with E-state index in [2.05, 4.69) is 12.1 Å². The third-order valence-corrected chi connectivity index (χ3v) is 3.19. The summed E-state index contributed by atoms with van der Waals surface area (Å²) in [6.45, 7) is 0. The van der Waals surface area contributed by atoms with Crippen LogP contribution in [-0.2, 0) is 6.42 Å². The molecule has 3 rings (SSSR count). The van der Waals surface area contributed by atoms with Crippen LogP contribution in [0.25, 0.3) is 0 Å². The first-order chi connectivity index (χ1) is 6.83. The molecule has 1 aliphatic heterocycles. The van der Waals surface area contributed by atoms with Gasteiger partial charge in [-0.05, 0) is 37.3 Å². The van der Waals surface area contributed by atoms with Gasteiger partial charge in [0.1, 0.15) is 17.4 Å². The van der Waals surface area contributed by atoms with Crippen LogP contribution in [0.2, 0.25) is 0 Å². The van der Waals surface area contributed by atoms with Crippen molar-refractivity contribution in [2.24, 2.45) is 0 Å². The van der Waals surface area contributed by atoms with Crippen LogP contribution in [0.1, 0.15) is 30.4 Å². The van der Waals surface area contributed by atoms with Crippen LogP contribution < -0.4 is 4.74 Å². The summed E-state index contributed by atoms with van der Waals surface area (Å²) in [6.07, 6.45) is 4.50. The number of nitrogens with zero attached hydrogens (tertiary/aromatic N) is 1. The van der Waals surface area contributed by atoms with E-state index in [9.17, 15) is 0 Å². The van der Waals surface area contributed by atoms with E-state index < -0.39 is 0 Å². The summed E-state index contributed by atoms with van der Waals surface area (Å²) < 4.78 is 5.93. The molecule has 1 heterocycles. The first-order valence-corrected chi connectivity index (χ1v) is 5.04. The highest BCUT2D eigenvalue weighted by Gasteiger charge is 2.47. The molecule has 2 nitrogen and oxygen atoms in total. The third kappa shape index (κ3) is 1.02. The number of fused-ring (bicyclic) bond motifs is 1. The fourth-order valence-corrected chi connectivity index (χ4v) is 2.11. The summed E-state index contributed by atoms with van der Waals surface area (Å²) in [5.41, 5.74) is 2.00. The molecule has 0 unspecified atom stereocenters. The van der Waals surface area contributed by atoms with E-state index in [0.29, 0.717) is 5.56 Å². The second-order valence-corrected chi connectivity index (χ2v) is 4.19. The predicted molar refractivity (Wildman–Crippen MR) is 52.1 cm³/mol. The number of benzene rings is 1. The summed E-state index contributed by atoms with van der Waals surface area (Å²) in [7, 11) is 0. The molecule has 1 aliphatic carbocycles. The average Bonchev–Trinajstić information content (AvgIpc) is 2.97. The van der Waals surface area contributed by atoms with Gasteiger partial charge in [0.25, 0.3) is 0 Å². The molecule has 0 aromatic heterocycles. The largest absolute Gasteiger partial charge is 0.486 e. The van der Waals surface area contributed by atoms with Crippen LogP contribution in [-0.4, -0.2) is 5.60 Å². The van der Waals surface area contributed by atoms with E-state index in [-0.39, 0.29) is 5.60 Å². The molecule has 0 saturated heterocycles. The van der Waals surface area contributed by atoms with Gasteiger partial charge in [0.05, 0.1) is 5.56 Å². The smallest absolute Gasteiger partial charge is 0.141 e. The second kappa shape index (κ2) is 2.51. The Labute approximate surface area is 83.1 Å². The van der Waals surface area contributed by atoms with Crippen LogP contribution >= 0.6 is 0 Å². The number of hydrogen-bond donors (Lipinski definition) is 0. The van der Waals surface area contributed by atoms with Crippen LogP contribution in [0.5, 0.6) is 5.75 Å². The Morgan fingerprint density at radius 2 is 2.14 bits per heavy atom. The standard InChI is InChI=1S/C12H11NO/c13-8-10-3-1-2-9-4-5-12(6-7-12)14-11(9)10/h1-3H,4-7H2. The molecule has 70 valence electrons. The maximum atomic E-state index is 8.95. The number of aryl methyl sites for hydroxylation is 1. The zero-order chi connectivity index (χ0) is 9.60. The van der Waals surface area contributed by atoms with Gasteiger partial charge in [0.15, 0.2) is 0 Å². The van der Waals surface area contributed by atoms with Crippen molar-refractivity contribution in [3.63, 3.8) is 0 Å². The molecular formula is C12H11NO. The van der Waals surface area contributed by atoms with Crippen molar-refractivity contribution in [2.45, 2.75) is 31.3 Å². The van der Waals surface area contributed by atoms with Gasteiger partial charge in [-0.15, -0.1) is 0 Å². The lowest BCUT2D eigenvalue weighted by atomic mass is 9.98. The minimum atomic E-state index is 0.111. The Hall–Kier alpha value is -1.49. The zero-order valence-corrected chi connectivity index (χ0v) is 7.92. The maximum Gasteiger partial charge on any atom is 0.141 e. The first kappa shape index (κ1) is 7.87. The van der Waals surface area contributed by atoms with Gasteiger partial charge in [-0.3, -0.25) is 0 Å². The molecule has 1 saturated carbocycles. The quantitative estimate of drug-likeness (QED) is 0.621. The van der Waals surface area contributed by atoms with E-state index >= 15 is 0 Å². The van der Waals surface area contributed by atoms with Crippen molar-refractivity contribution in [1.82, 2.24) is 0 Å². The minimum absolute atomic E-state index is 0.111. The van der Waals surface area contributed by atoms with Crippen molar-refractivity contribution in [1.29, 1.82) is 5.26 Å². The van der Waals surface area contributed by atoms with Gasteiger partial charge >= 0.3 is 0 Å². The summed E-state index contributed by atoms with van der Waals surface area (Å²) in [4.78, 5) is 0. The van der Waals surface area contributed by atoms with Gasteiger partial charge in [-0.1, -0.05) is 12.1 Å². The number of para-hydroxylation sites is 1. The highest BCUT2D eigenvalue weighted by Crippen LogP contribution is 2.48. The molecular weight excluding hydrogens is 174 g/mol. The van der Waals surface area contributed by atoms with Crippen molar-refractivity contribution in [2.75, 3.05) is 0 Å². The summed E-state index contributed by atoms with van der Waals surface area (Å²) in [5.74, 6) is 0.846. The predicted octanol–water partition coefficient (Wildman–Crippen LogP) is 2.42. The van der Waals surface area contributed by atoms with Crippen molar-refractivity contribution in [3.05, 3.63) is 29.3 Å². The molecule has 0 atom stereocenters. The lowest BCUT2D eigenvalue weighted by Crippen LogP contribution is -2.24. The zero-order valence-electron chi connectivity index (χ0n) is 7.92. The summed E-state index contributed by atoms with van der Waals surface area (Å²) >= 11 is 0. The Morgan fingerprint density at radius 3 is 2.86 bits per heavy atom. The van der Waals surface area contributed by atoms with Crippen molar-refractivity contribution in [3.8, 4) is 11.8 Å². The third-order valence-electron chi connectivity index (χ3n) is 3.19. The molecule has 0 N–H and O–H groups in total. The van der Waals surface area contributed by atoms with Crippen molar-refractivity contribution >= 4 is 0 Å². The number of nitriles is 1. The van der Waals surface area contributed by atoms with E-state index in [4.69, 9.17) is 10.00 Å². The van der Waals surface area contributed by atoms with E-state index in [0.717, 1.165) is 31.4 Å². The van der Waals surface area contributed by atoms with Crippen LogP contribution in [0, 0.1) is 11.3 Å². The maximum absolute atomic E-state index is 8.95. The molecule has 14 heavy (non-hydrogen) atoms. The molecule has 1 fully saturated rings.